The molecule has 0 saturated heterocycles. The van der Waals surface area contributed by atoms with Gasteiger partial charge in [-0.2, -0.15) is 5.10 Å². The van der Waals surface area contributed by atoms with Crippen LogP contribution in [0.4, 0.5) is 0 Å². The van der Waals surface area contributed by atoms with Gasteiger partial charge in [0.25, 0.3) is 5.56 Å². The highest BCUT2D eigenvalue weighted by molar-refractivity contribution is 5.00. The summed E-state index contributed by atoms with van der Waals surface area (Å²) in [4.78, 5) is 12.2. The second-order valence-corrected chi connectivity index (χ2v) is 6.74. The quantitative estimate of drug-likeness (QED) is 0.925. The Morgan fingerprint density at radius 2 is 2.10 bits per heavy atom. The first kappa shape index (κ1) is 15.2. The molecule has 0 aromatic carbocycles. The predicted molar refractivity (Wildman–Crippen MR) is 79.7 cm³/mol. The number of rotatable bonds is 3. The van der Waals surface area contributed by atoms with E-state index in [0.717, 1.165) is 25.0 Å². The van der Waals surface area contributed by atoms with Gasteiger partial charge >= 0.3 is 0 Å². The number of aliphatic hydroxyl groups excluding tert-OH is 1. The lowest BCUT2D eigenvalue weighted by atomic mass is 9.66. The third-order valence-electron chi connectivity index (χ3n) is 4.98. The van der Waals surface area contributed by atoms with Crippen LogP contribution in [-0.4, -0.2) is 21.0 Å². The van der Waals surface area contributed by atoms with E-state index < -0.39 is 0 Å². The van der Waals surface area contributed by atoms with E-state index in [0.29, 0.717) is 12.3 Å². The van der Waals surface area contributed by atoms with E-state index >= 15 is 0 Å². The Morgan fingerprint density at radius 1 is 1.40 bits per heavy atom. The number of aryl methyl sites for hydroxylation is 1. The van der Waals surface area contributed by atoms with E-state index in [1.807, 2.05) is 6.92 Å². The maximum absolute atomic E-state index is 12.2. The molecular formula is C16H26N2O2. The summed E-state index contributed by atoms with van der Waals surface area (Å²) in [5.41, 5.74) is 0.930. The van der Waals surface area contributed by atoms with Crippen LogP contribution in [0.15, 0.2) is 16.9 Å². The first-order chi connectivity index (χ1) is 9.35. The van der Waals surface area contributed by atoms with Crippen molar-refractivity contribution in [1.82, 2.24) is 9.78 Å². The molecule has 1 aliphatic carbocycles. The lowest BCUT2D eigenvalue weighted by molar-refractivity contribution is 0.0151. The van der Waals surface area contributed by atoms with Crippen molar-refractivity contribution in [3.63, 3.8) is 0 Å². The first-order valence-electron chi connectivity index (χ1n) is 7.59. The summed E-state index contributed by atoms with van der Waals surface area (Å²) in [6.45, 7) is 8.59. The first-order valence-corrected chi connectivity index (χ1v) is 7.59. The fraction of sp³-hybridized carbons (Fsp3) is 0.750. The lowest BCUT2D eigenvalue weighted by Gasteiger charge is -2.43. The van der Waals surface area contributed by atoms with Gasteiger partial charge in [0.05, 0.1) is 17.8 Å². The third kappa shape index (κ3) is 2.95. The van der Waals surface area contributed by atoms with Gasteiger partial charge < -0.3 is 5.11 Å². The average Bonchev–Trinajstić information content (AvgIpc) is 2.41. The molecule has 1 N–H and O–H groups in total. The Bertz CT molecular complexity index is 521. The van der Waals surface area contributed by atoms with E-state index in [-0.39, 0.29) is 23.1 Å². The molecule has 3 atom stereocenters. The molecule has 1 aliphatic rings. The monoisotopic (exact) mass is 278 g/mol. The van der Waals surface area contributed by atoms with E-state index in [2.05, 4.69) is 25.9 Å². The minimum Gasteiger partial charge on any atom is -0.393 e. The van der Waals surface area contributed by atoms with E-state index in [4.69, 9.17) is 0 Å². The topological polar surface area (TPSA) is 55.1 Å². The second kappa shape index (κ2) is 5.68. The molecule has 112 valence electrons. The Balaban J connectivity index is 2.42. The van der Waals surface area contributed by atoms with Crippen LogP contribution in [0.25, 0.3) is 0 Å². The van der Waals surface area contributed by atoms with Crippen molar-refractivity contribution < 1.29 is 5.11 Å². The van der Waals surface area contributed by atoms with Gasteiger partial charge in [0.15, 0.2) is 0 Å². The lowest BCUT2D eigenvalue weighted by Crippen LogP contribution is -2.42. The molecule has 4 heteroatoms. The SMILES string of the molecule is CCC(C)(C)C1CCC(O)CC1n1nc(C)ccc1=O. The summed E-state index contributed by atoms with van der Waals surface area (Å²) in [5, 5.41) is 14.4. The summed E-state index contributed by atoms with van der Waals surface area (Å²) in [7, 11) is 0. The van der Waals surface area contributed by atoms with Crippen LogP contribution in [0.3, 0.4) is 0 Å². The van der Waals surface area contributed by atoms with Gasteiger partial charge in [0.1, 0.15) is 0 Å². The van der Waals surface area contributed by atoms with E-state index in [1.165, 1.54) is 0 Å². The largest absolute Gasteiger partial charge is 0.393 e. The molecule has 0 radical (unpaired) electrons. The summed E-state index contributed by atoms with van der Waals surface area (Å²) in [6, 6.07) is 3.33. The highest BCUT2D eigenvalue weighted by Crippen LogP contribution is 2.45. The van der Waals surface area contributed by atoms with Crippen molar-refractivity contribution in [2.45, 2.75) is 65.5 Å². The van der Waals surface area contributed by atoms with Gasteiger partial charge in [-0.25, -0.2) is 4.68 Å². The molecule has 1 aromatic heterocycles. The predicted octanol–water partition coefficient (Wildman–Crippen LogP) is 2.69. The minimum atomic E-state index is -0.321. The number of nitrogens with zero attached hydrogens (tertiary/aromatic N) is 2. The van der Waals surface area contributed by atoms with Crippen molar-refractivity contribution in [3.05, 3.63) is 28.2 Å². The molecular weight excluding hydrogens is 252 g/mol. The molecule has 1 aromatic rings. The second-order valence-electron chi connectivity index (χ2n) is 6.74. The summed E-state index contributed by atoms with van der Waals surface area (Å²) in [5.74, 6) is 0.378. The smallest absolute Gasteiger partial charge is 0.267 e. The zero-order valence-corrected chi connectivity index (χ0v) is 13.0. The highest BCUT2D eigenvalue weighted by Gasteiger charge is 2.40. The van der Waals surface area contributed by atoms with Crippen molar-refractivity contribution >= 4 is 0 Å². The van der Waals surface area contributed by atoms with Crippen molar-refractivity contribution in [3.8, 4) is 0 Å². The zero-order valence-electron chi connectivity index (χ0n) is 13.0. The van der Waals surface area contributed by atoms with Gasteiger partial charge in [-0.05, 0) is 43.6 Å². The molecule has 3 unspecified atom stereocenters. The standard InChI is InChI=1S/C16H26N2O2/c1-5-16(3,4)13-8-7-12(19)10-14(13)18-15(20)9-6-11(2)17-18/h6,9,12-14,19H,5,7-8,10H2,1-4H3. The maximum atomic E-state index is 12.2. The van der Waals surface area contributed by atoms with Crippen LogP contribution in [0.2, 0.25) is 0 Å². The molecule has 0 amide bonds. The Labute approximate surface area is 120 Å². The van der Waals surface area contributed by atoms with Crippen LogP contribution >= 0.6 is 0 Å². The van der Waals surface area contributed by atoms with Gasteiger partial charge in [-0.3, -0.25) is 4.79 Å². The molecule has 0 bridgehead atoms. The maximum Gasteiger partial charge on any atom is 0.267 e. The molecule has 4 nitrogen and oxygen atoms in total. The number of hydrogen-bond donors (Lipinski definition) is 1. The summed E-state index contributed by atoms with van der Waals surface area (Å²) in [6.07, 6.45) is 3.15. The molecule has 0 spiro atoms. The Hall–Kier alpha value is -1.16. The normalized spacial score (nSPS) is 27.6. The molecule has 20 heavy (non-hydrogen) atoms. The fourth-order valence-electron chi connectivity index (χ4n) is 3.33. The van der Waals surface area contributed by atoms with E-state index in [9.17, 15) is 9.90 Å². The molecule has 1 heterocycles. The van der Waals surface area contributed by atoms with Crippen LogP contribution < -0.4 is 5.56 Å². The Kier molecular flexibility index (Phi) is 4.33. The van der Waals surface area contributed by atoms with Crippen LogP contribution in [0.1, 0.15) is 58.2 Å². The van der Waals surface area contributed by atoms with Gasteiger partial charge in [0.2, 0.25) is 0 Å². The van der Waals surface area contributed by atoms with Crippen molar-refractivity contribution in [2.24, 2.45) is 11.3 Å². The fourth-order valence-corrected chi connectivity index (χ4v) is 3.33. The molecule has 2 rings (SSSR count). The molecule has 1 saturated carbocycles. The summed E-state index contributed by atoms with van der Waals surface area (Å²) < 4.78 is 1.61. The Morgan fingerprint density at radius 3 is 2.75 bits per heavy atom. The van der Waals surface area contributed by atoms with E-state index in [1.54, 1.807) is 16.8 Å². The average molecular weight is 278 g/mol. The van der Waals surface area contributed by atoms with Crippen molar-refractivity contribution in [1.29, 1.82) is 0 Å². The number of aromatic nitrogens is 2. The van der Waals surface area contributed by atoms with Crippen LogP contribution in [-0.2, 0) is 0 Å². The highest BCUT2D eigenvalue weighted by atomic mass is 16.3. The zero-order chi connectivity index (χ0) is 14.9. The third-order valence-corrected chi connectivity index (χ3v) is 4.98. The van der Waals surface area contributed by atoms with Crippen LogP contribution in [0, 0.1) is 18.3 Å². The van der Waals surface area contributed by atoms with Crippen LogP contribution in [0.5, 0.6) is 0 Å². The summed E-state index contributed by atoms with van der Waals surface area (Å²) >= 11 is 0. The number of hydrogen-bond acceptors (Lipinski definition) is 3. The molecule has 1 fully saturated rings. The van der Waals surface area contributed by atoms with Gasteiger partial charge in [0, 0.05) is 6.07 Å². The van der Waals surface area contributed by atoms with Gasteiger partial charge in [-0.15, -0.1) is 0 Å². The minimum absolute atomic E-state index is 0.00102. The molecule has 0 aliphatic heterocycles. The van der Waals surface area contributed by atoms with Crippen molar-refractivity contribution in [2.75, 3.05) is 0 Å². The van der Waals surface area contributed by atoms with Gasteiger partial charge in [-0.1, -0.05) is 27.2 Å². The number of aliphatic hydroxyl groups is 1.